The maximum absolute atomic E-state index is 15.1. The van der Waals surface area contributed by atoms with E-state index in [4.69, 9.17) is 5.73 Å². The monoisotopic (exact) mass is 645 g/mol. The van der Waals surface area contributed by atoms with Crippen LogP contribution in [0.1, 0.15) is 38.2 Å². The molecule has 0 saturated heterocycles. The van der Waals surface area contributed by atoms with Crippen molar-refractivity contribution in [2.45, 2.75) is 36.9 Å². The van der Waals surface area contributed by atoms with Gasteiger partial charge in [0.05, 0.1) is 23.3 Å². The van der Waals surface area contributed by atoms with E-state index in [0.29, 0.717) is 36.8 Å². The highest BCUT2D eigenvalue weighted by Crippen LogP contribution is 2.51. The number of ketones is 1. The van der Waals surface area contributed by atoms with E-state index < -0.39 is 17.2 Å². The Kier molecular flexibility index (Phi) is 7.60. The number of amides is 1. The number of anilines is 2. The molecule has 14 heteroatoms. The lowest BCUT2D eigenvalue weighted by Crippen LogP contribution is -2.42. The van der Waals surface area contributed by atoms with Gasteiger partial charge in [-0.3, -0.25) is 14.5 Å². The minimum absolute atomic E-state index is 0.0611. The van der Waals surface area contributed by atoms with Gasteiger partial charge >= 0.3 is 0 Å². The minimum atomic E-state index is -0.946. The number of thiazole rings is 1. The molecule has 0 radical (unpaired) electrons. The summed E-state index contributed by atoms with van der Waals surface area (Å²) in [7, 11) is 0. The summed E-state index contributed by atoms with van der Waals surface area (Å²) in [6.07, 6.45) is 2.31. The Labute approximate surface area is 244 Å². The van der Waals surface area contributed by atoms with E-state index >= 15 is 4.39 Å². The third-order valence-electron chi connectivity index (χ3n) is 6.24. The van der Waals surface area contributed by atoms with Crippen LogP contribution in [0.5, 0.6) is 0 Å². The second-order valence-corrected chi connectivity index (χ2v) is 13.7. The molecule has 1 aromatic carbocycles. The molecule has 9 nitrogen and oxygen atoms in total. The number of carbonyl (C=O) groups is 2. The highest BCUT2D eigenvalue weighted by molar-refractivity contribution is 9.10. The molecule has 39 heavy (non-hydrogen) atoms. The Bertz CT molecular complexity index is 1580. The van der Waals surface area contributed by atoms with Gasteiger partial charge in [0.2, 0.25) is 11.0 Å². The van der Waals surface area contributed by atoms with Crippen molar-refractivity contribution in [3.63, 3.8) is 0 Å². The highest BCUT2D eigenvalue weighted by atomic mass is 79.9. The fraction of sp³-hybridized carbons (Fsp3) is 0.280. The van der Waals surface area contributed by atoms with Gasteiger partial charge in [-0.2, -0.15) is 5.26 Å². The molecule has 1 amide bonds. The number of rotatable bonds is 6. The van der Waals surface area contributed by atoms with Crippen LogP contribution in [0.2, 0.25) is 0 Å². The number of aromatic nitrogens is 3. The van der Waals surface area contributed by atoms with Crippen LogP contribution in [0, 0.1) is 22.6 Å². The first-order chi connectivity index (χ1) is 18.6. The molecule has 0 saturated carbocycles. The van der Waals surface area contributed by atoms with Crippen LogP contribution < -0.4 is 16.0 Å². The molecule has 0 fully saturated rings. The number of thioether (sulfide) groups is 1. The average Bonchev–Trinajstić information content (AvgIpc) is 3.55. The summed E-state index contributed by atoms with van der Waals surface area (Å²) in [5.41, 5.74) is 7.37. The molecular weight excluding hydrogens is 625 g/mol. The molecule has 3 aromatic rings. The van der Waals surface area contributed by atoms with Gasteiger partial charge in [0.1, 0.15) is 11.6 Å². The maximum atomic E-state index is 15.1. The zero-order chi connectivity index (χ0) is 27.9. The summed E-state index contributed by atoms with van der Waals surface area (Å²) >= 11 is 7.08. The van der Waals surface area contributed by atoms with E-state index in [-0.39, 0.29) is 40.8 Å². The molecule has 3 heterocycles. The van der Waals surface area contributed by atoms with Crippen molar-refractivity contribution in [3.05, 3.63) is 68.3 Å². The quantitative estimate of drug-likeness (QED) is 0.330. The first-order valence-electron chi connectivity index (χ1n) is 11.6. The number of nitrogens with two attached hydrogens (primary N) is 1. The highest BCUT2D eigenvalue weighted by Gasteiger charge is 2.46. The van der Waals surface area contributed by atoms with Crippen LogP contribution in [0.25, 0.3) is 0 Å². The smallest absolute Gasteiger partial charge is 0.236 e. The van der Waals surface area contributed by atoms with Crippen molar-refractivity contribution < 1.29 is 14.0 Å². The van der Waals surface area contributed by atoms with Crippen molar-refractivity contribution in [3.8, 4) is 6.07 Å². The van der Waals surface area contributed by atoms with E-state index in [9.17, 15) is 14.9 Å². The van der Waals surface area contributed by atoms with Gasteiger partial charge in [-0.05, 0) is 30.0 Å². The predicted molar refractivity (Wildman–Crippen MR) is 153 cm³/mol. The molecule has 1 aliphatic carbocycles. The van der Waals surface area contributed by atoms with Crippen molar-refractivity contribution >= 4 is 72.3 Å². The Balaban J connectivity index is 1.53. The van der Waals surface area contributed by atoms with Crippen molar-refractivity contribution in [1.82, 2.24) is 15.2 Å². The van der Waals surface area contributed by atoms with Crippen LogP contribution in [0.3, 0.4) is 0 Å². The number of nitrogens with zero attached hydrogens (tertiary/aromatic N) is 5. The first-order valence-corrected chi connectivity index (χ1v) is 15.1. The molecule has 1 aliphatic heterocycles. The first kappa shape index (κ1) is 27.4. The number of benzene rings is 1. The largest absolute Gasteiger partial charge is 0.384 e. The van der Waals surface area contributed by atoms with Gasteiger partial charge < -0.3 is 11.1 Å². The second-order valence-electron chi connectivity index (χ2n) is 9.67. The lowest BCUT2D eigenvalue weighted by molar-refractivity contribution is -0.118. The summed E-state index contributed by atoms with van der Waals surface area (Å²) in [6.45, 7) is 3.95. The molecule has 1 unspecified atom stereocenters. The lowest BCUT2D eigenvalue weighted by atomic mass is 9.68. The van der Waals surface area contributed by atoms with E-state index in [1.54, 1.807) is 28.6 Å². The summed E-state index contributed by atoms with van der Waals surface area (Å²) < 4.78 is 16.2. The second kappa shape index (κ2) is 10.8. The number of nitriles is 1. The number of carbonyl (C=O) groups excluding carboxylic acids is 2. The maximum Gasteiger partial charge on any atom is 0.236 e. The molecule has 1 atom stereocenters. The third kappa shape index (κ3) is 5.49. The Morgan fingerprint density at radius 3 is 2.90 bits per heavy atom. The minimum Gasteiger partial charge on any atom is -0.384 e. The molecule has 2 aliphatic rings. The van der Waals surface area contributed by atoms with E-state index in [1.807, 2.05) is 13.8 Å². The Morgan fingerprint density at radius 2 is 2.18 bits per heavy atom. The van der Waals surface area contributed by atoms with Crippen LogP contribution in [0.15, 0.2) is 61.3 Å². The zero-order valence-electron chi connectivity index (χ0n) is 20.7. The van der Waals surface area contributed by atoms with Gasteiger partial charge in [0.25, 0.3) is 0 Å². The standard InChI is InChI=1S/C25H21BrFN7O2S3/c1-25(2)8-16-20(17(35)9-25)19(13-7-12(26)3-4-15(13)27)14(10-28)21(29)34(16)23-32-33-24(39-23)38-11-18(36)31-22-30-5-6-37-22/h3-7,19H,8-9,11,29H2,1-2H3,(H,30,31,36). The summed E-state index contributed by atoms with van der Waals surface area (Å²) in [4.78, 5) is 31.5. The Morgan fingerprint density at radius 1 is 1.38 bits per heavy atom. The third-order valence-corrected chi connectivity index (χ3v) is 9.47. The molecule has 0 bridgehead atoms. The van der Waals surface area contributed by atoms with Crippen LogP contribution in [-0.4, -0.2) is 32.6 Å². The number of hydrogen-bond acceptors (Lipinski definition) is 11. The number of halogens is 2. The van der Waals surface area contributed by atoms with Crippen molar-refractivity contribution in [1.29, 1.82) is 5.26 Å². The molecule has 5 rings (SSSR count). The number of hydrogen-bond donors (Lipinski definition) is 2. The number of Topliss-reactive ketones (excluding diaryl/α,β-unsaturated/α-hetero) is 1. The van der Waals surface area contributed by atoms with Gasteiger partial charge in [-0.1, -0.05) is 52.9 Å². The summed E-state index contributed by atoms with van der Waals surface area (Å²) in [5.74, 6) is -1.73. The van der Waals surface area contributed by atoms with Crippen LogP contribution in [-0.2, 0) is 9.59 Å². The summed E-state index contributed by atoms with van der Waals surface area (Å²) in [5, 5.41) is 24.0. The van der Waals surface area contributed by atoms with Gasteiger partial charge in [-0.15, -0.1) is 21.5 Å². The fourth-order valence-electron chi connectivity index (χ4n) is 4.69. The molecule has 3 N–H and O–H groups in total. The molecule has 2 aromatic heterocycles. The molecule has 0 spiro atoms. The van der Waals surface area contributed by atoms with E-state index in [1.165, 1.54) is 40.5 Å². The van der Waals surface area contributed by atoms with Crippen LogP contribution in [0.4, 0.5) is 14.7 Å². The van der Waals surface area contributed by atoms with Gasteiger partial charge in [-0.25, -0.2) is 9.37 Å². The van der Waals surface area contributed by atoms with Crippen molar-refractivity contribution in [2.24, 2.45) is 11.1 Å². The van der Waals surface area contributed by atoms with Crippen LogP contribution >= 0.6 is 50.4 Å². The average molecular weight is 647 g/mol. The number of nitrogens with one attached hydrogen (secondary N) is 1. The van der Waals surface area contributed by atoms with E-state index in [2.05, 4.69) is 42.5 Å². The predicted octanol–water partition coefficient (Wildman–Crippen LogP) is 5.57. The normalized spacial score (nSPS) is 18.7. The molecule has 200 valence electrons. The number of allylic oxidation sites excluding steroid dienone is 3. The van der Waals surface area contributed by atoms with E-state index in [0.717, 1.165) is 0 Å². The topological polar surface area (TPSA) is 138 Å². The summed E-state index contributed by atoms with van der Waals surface area (Å²) in [6, 6.07) is 6.57. The Hall–Kier alpha value is -3.12. The SMILES string of the molecule is CC1(C)CC(=O)C2=C(C1)N(c1nnc(SCC(=O)Nc3nccs3)s1)C(N)=C(C#N)C2c1cc(Br)ccc1F. The lowest BCUT2D eigenvalue weighted by Gasteiger charge is -2.42. The van der Waals surface area contributed by atoms with Gasteiger partial charge in [0, 0.05) is 39.3 Å². The molecular formula is C25H21BrFN7O2S3. The fourth-order valence-corrected chi connectivity index (χ4v) is 7.30. The zero-order valence-corrected chi connectivity index (χ0v) is 24.7. The van der Waals surface area contributed by atoms with Crippen molar-refractivity contribution in [2.75, 3.05) is 16.0 Å². The van der Waals surface area contributed by atoms with Gasteiger partial charge in [0.15, 0.2) is 15.3 Å².